The molecule has 0 radical (unpaired) electrons. The zero-order valence-corrected chi connectivity index (χ0v) is 13.5. The van der Waals surface area contributed by atoms with Crippen LogP contribution in [0.3, 0.4) is 0 Å². The molecule has 126 valence electrons. The first-order valence-electron chi connectivity index (χ1n) is 7.71. The van der Waals surface area contributed by atoms with E-state index in [1.165, 1.54) is 0 Å². The van der Waals surface area contributed by atoms with E-state index in [0.717, 1.165) is 12.0 Å². The number of hydrogen-bond donors (Lipinski definition) is 3. The van der Waals surface area contributed by atoms with Gasteiger partial charge in [0.2, 0.25) is 11.8 Å². The number of aliphatic carboxylic acids is 1. The molecule has 2 amide bonds. The lowest BCUT2D eigenvalue weighted by atomic mass is 10.0. The topological polar surface area (TPSA) is 95.5 Å². The largest absolute Gasteiger partial charge is 0.481 e. The molecule has 1 rings (SSSR count). The van der Waals surface area contributed by atoms with Gasteiger partial charge in [0.25, 0.3) is 0 Å². The minimum Gasteiger partial charge on any atom is -0.481 e. The molecule has 1 atom stereocenters. The van der Waals surface area contributed by atoms with Crippen LogP contribution in [0.5, 0.6) is 0 Å². The lowest BCUT2D eigenvalue weighted by molar-refractivity contribution is -0.138. The van der Waals surface area contributed by atoms with Gasteiger partial charge in [-0.25, -0.2) is 0 Å². The second-order valence-electron chi connectivity index (χ2n) is 5.84. The number of amides is 2. The molecule has 0 saturated heterocycles. The fourth-order valence-electron chi connectivity index (χ4n) is 2.04. The fourth-order valence-corrected chi connectivity index (χ4v) is 2.04. The van der Waals surface area contributed by atoms with Crippen LogP contribution in [0.15, 0.2) is 30.3 Å². The minimum absolute atomic E-state index is 0.153. The van der Waals surface area contributed by atoms with E-state index in [-0.39, 0.29) is 18.9 Å². The summed E-state index contributed by atoms with van der Waals surface area (Å²) in [6.07, 6.45) is 0.929. The number of carbonyl (C=O) groups excluding carboxylic acids is 2. The average Bonchev–Trinajstić information content (AvgIpc) is 2.50. The molecule has 1 unspecified atom stereocenters. The van der Waals surface area contributed by atoms with Crippen molar-refractivity contribution in [1.82, 2.24) is 10.6 Å². The Kier molecular flexibility index (Phi) is 7.80. The van der Waals surface area contributed by atoms with Gasteiger partial charge in [-0.2, -0.15) is 0 Å². The number of hydrogen-bond acceptors (Lipinski definition) is 3. The highest BCUT2D eigenvalue weighted by molar-refractivity contribution is 5.85. The van der Waals surface area contributed by atoms with Gasteiger partial charge < -0.3 is 15.7 Å². The highest BCUT2D eigenvalue weighted by Gasteiger charge is 2.18. The quantitative estimate of drug-likeness (QED) is 0.647. The monoisotopic (exact) mass is 320 g/mol. The van der Waals surface area contributed by atoms with Gasteiger partial charge in [0.1, 0.15) is 0 Å². The molecule has 0 fully saturated rings. The highest BCUT2D eigenvalue weighted by Crippen LogP contribution is 2.16. The average molecular weight is 320 g/mol. The van der Waals surface area contributed by atoms with Crippen LogP contribution in [0.2, 0.25) is 0 Å². The van der Waals surface area contributed by atoms with Crippen molar-refractivity contribution in [2.75, 3.05) is 6.54 Å². The molecule has 6 nitrogen and oxygen atoms in total. The maximum Gasteiger partial charge on any atom is 0.305 e. The van der Waals surface area contributed by atoms with Crippen LogP contribution in [0, 0.1) is 5.92 Å². The van der Waals surface area contributed by atoms with E-state index in [1.54, 1.807) is 24.3 Å². The molecule has 1 aromatic rings. The molecule has 0 saturated carbocycles. The Balaban J connectivity index is 2.51. The van der Waals surface area contributed by atoms with Gasteiger partial charge in [-0.3, -0.25) is 14.4 Å². The summed E-state index contributed by atoms with van der Waals surface area (Å²) in [5, 5.41) is 14.2. The first-order chi connectivity index (χ1) is 10.9. The zero-order valence-electron chi connectivity index (χ0n) is 13.5. The Bertz CT molecular complexity index is 529. The summed E-state index contributed by atoms with van der Waals surface area (Å²) >= 11 is 0. The molecular formula is C17H24N2O4. The van der Waals surface area contributed by atoms with Gasteiger partial charge >= 0.3 is 5.97 Å². The molecule has 23 heavy (non-hydrogen) atoms. The predicted molar refractivity (Wildman–Crippen MR) is 86.7 cm³/mol. The summed E-state index contributed by atoms with van der Waals surface area (Å²) in [6.45, 7) is 3.90. The maximum absolute atomic E-state index is 11.9. The molecule has 0 aliphatic carbocycles. The zero-order chi connectivity index (χ0) is 17.2. The van der Waals surface area contributed by atoms with Gasteiger partial charge in [-0.1, -0.05) is 44.2 Å². The van der Waals surface area contributed by atoms with Crippen molar-refractivity contribution >= 4 is 17.8 Å². The van der Waals surface area contributed by atoms with E-state index in [4.69, 9.17) is 5.11 Å². The Morgan fingerprint density at radius 2 is 1.74 bits per heavy atom. The number of nitrogens with one attached hydrogen (secondary N) is 2. The fraction of sp³-hybridized carbons (Fsp3) is 0.471. The van der Waals surface area contributed by atoms with E-state index in [0.29, 0.717) is 12.3 Å². The van der Waals surface area contributed by atoms with Crippen LogP contribution in [0.1, 0.15) is 44.7 Å². The molecular weight excluding hydrogens is 296 g/mol. The van der Waals surface area contributed by atoms with Crippen molar-refractivity contribution in [2.45, 2.75) is 39.2 Å². The lowest BCUT2D eigenvalue weighted by Crippen LogP contribution is -2.39. The number of carboxylic acid groups (broad SMARTS) is 1. The Morgan fingerprint density at radius 1 is 1.09 bits per heavy atom. The SMILES string of the molecule is CC(C)CCC(=O)NCC(=O)NC(CC(=O)O)c1ccccc1. The predicted octanol–water partition coefficient (Wildman–Crippen LogP) is 1.87. The van der Waals surface area contributed by atoms with Crippen LogP contribution in [-0.2, 0) is 14.4 Å². The van der Waals surface area contributed by atoms with Crippen LogP contribution in [0.25, 0.3) is 0 Å². The molecule has 0 spiro atoms. The molecule has 6 heteroatoms. The number of carbonyl (C=O) groups is 3. The Labute approximate surface area is 136 Å². The number of rotatable bonds is 9. The van der Waals surface area contributed by atoms with E-state index in [2.05, 4.69) is 10.6 Å². The summed E-state index contributed by atoms with van der Waals surface area (Å²) in [6, 6.07) is 8.28. The summed E-state index contributed by atoms with van der Waals surface area (Å²) in [5.41, 5.74) is 0.717. The van der Waals surface area contributed by atoms with E-state index >= 15 is 0 Å². The highest BCUT2D eigenvalue weighted by atomic mass is 16.4. The van der Waals surface area contributed by atoms with Crippen molar-refractivity contribution < 1.29 is 19.5 Å². The third-order valence-electron chi connectivity index (χ3n) is 3.31. The van der Waals surface area contributed by atoms with E-state index in [9.17, 15) is 14.4 Å². The van der Waals surface area contributed by atoms with Crippen molar-refractivity contribution in [2.24, 2.45) is 5.92 Å². The van der Waals surface area contributed by atoms with Crippen molar-refractivity contribution in [1.29, 1.82) is 0 Å². The van der Waals surface area contributed by atoms with Gasteiger partial charge in [0.05, 0.1) is 19.0 Å². The van der Waals surface area contributed by atoms with Gasteiger partial charge in [0.15, 0.2) is 0 Å². The van der Waals surface area contributed by atoms with Crippen molar-refractivity contribution in [3.8, 4) is 0 Å². The normalized spacial score (nSPS) is 11.8. The van der Waals surface area contributed by atoms with Gasteiger partial charge in [-0.05, 0) is 17.9 Å². The molecule has 0 bridgehead atoms. The molecule has 3 N–H and O–H groups in total. The second kappa shape index (κ2) is 9.61. The molecule has 0 aromatic heterocycles. The van der Waals surface area contributed by atoms with Crippen LogP contribution < -0.4 is 10.6 Å². The van der Waals surface area contributed by atoms with Crippen LogP contribution in [0.4, 0.5) is 0 Å². The third-order valence-corrected chi connectivity index (χ3v) is 3.31. The smallest absolute Gasteiger partial charge is 0.305 e. The van der Waals surface area contributed by atoms with Crippen LogP contribution >= 0.6 is 0 Å². The minimum atomic E-state index is -1.000. The van der Waals surface area contributed by atoms with Gasteiger partial charge in [-0.15, -0.1) is 0 Å². The summed E-state index contributed by atoms with van der Waals surface area (Å²) < 4.78 is 0. The lowest BCUT2D eigenvalue weighted by Gasteiger charge is -2.17. The maximum atomic E-state index is 11.9. The Hall–Kier alpha value is -2.37. The molecule has 0 aliphatic heterocycles. The molecule has 1 aromatic carbocycles. The van der Waals surface area contributed by atoms with E-state index < -0.39 is 17.9 Å². The first-order valence-corrected chi connectivity index (χ1v) is 7.71. The molecule has 0 aliphatic rings. The first kappa shape index (κ1) is 18.7. The van der Waals surface area contributed by atoms with Crippen LogP contribution in [-0.4, -0.2) is 29.4 Å². The Morgan fingerprint density at radius 3 is 2.30 bits per heavy atom. The van der Waals surface area contributed by atoms with Gasteiger partial charge in [0, 0.05) is 6.42 Å². The standard InChI is InChI=1S/C17H24N2O4/c1-12(2)8-9-15(20)18-11-16(21)19-14(10-17(22)23)13-6-4-3-5-7-13/h3-7,12,14H,8-11H2,1-2H3,(H,18,20)(H,19,21)(H,22,23). The summed E-state index contributed by atoms with van der Waals surface area (Å²) in [7, 11) is 0. The van der Waals surface area contributed by atoms with E-state index in [1.807, 2.05) is 19.9 Å². The number of benzene rings is 1. The second-order valence-corrected chi connectivity index (χ2v) is 5.84. The van der Waals surface area contributed by atoms with Crippen molar-refractivity contribution in [3.63, 3.8) is 0 Å². The third kappa shape index (κ3) is 7.99. The van der Waals surface area contributed by atoms with Crippen molar-refractivity contribution in [3.05, 3.63) is 35.9 Å². The number of carboxylic acids is 1. The summed E-state index contributed by atoms with van der Waals surface area (Å²) in [5.74, 6) is -1.16. The summed E-state index contributed by atoms with van der Waals surface area (Å²) in [4.78, 5) is 34.5. The molecule has 0 heterocycles.